The van der Waals surface area contributed by atoms with E-state index in [1.165, 1.54) is 0 Å². The number of ether oxygens (including phenoxy) is 2. The number of hydrogen-bond acceptors (Lipinski definition) is 5. The van der Waals surface area contributed by atoms with Gasteiger partial charge in [0.15, 0.2) is 0 Å². The van der Waals surface area contributed by atoms with Gasteiger partial charge >= 0.3 is 18.1 Å². The Hall–Kier alpha value is -1.39. The largest absolute Gasteiger partial charge is 0.524 e. The normalized spacial score (nSPS) is 13.4. The maximum Gasteiger partial charge on any atom is 0.524 e. The molecule has 5 heteroatoms. The van der Waals surface area contributed by atoms with Gasteiger partial charge in [-0.25, -0.2) is 4.79 Å². The lowest BCUT2D eigenvalue weighted by atomic mass is 10.0. The van der Waals surface area contributed by atoms with Crippen molar-refractivity contribution in [3.05, 3.63) is 0 Å². The van der Waals surface area contributed by atoms with Crippen LogP contribution in [-0.4, -0.2) is 18.1 Å². The molecule has 0 fully saturated rings. The predicted octanol–water partition coefficient (Wildman–Crippen LogP) is 3.85. The van der Waals surface area contributed by atoms with Crippen molar-refractivity contribution in [2.24, 2.45) is 11.8 Å². The average Bonchev–Trinajstić information content (AvgIpc) is 2.41. The van der Waals surface area contributed by atoms with Crippen LogP contribution >= 0.6 is 0 Å². The molecule has 0 spiro atoms. The average molecular weight is 286 g/mol. The molecule has 2 unspecified atom stereocenters. The minimum absolute atomic E-state index is 0.319. The summed E-state index contributed by atoms with van der Waals surface area (Å²) in [4.78, 5) is 34.8. The lowest BCUT2D eigenvalue weighted by Crippen LogP contribution is -2.26. The second kappa shape index (κ2) is 10.4. The van der Waals surface area contributed by atoms with E-state index in [1.807, 2.05) is 27.7 Å². The van der Waals surface area contributed by atoms with Crippen molar-refractivity contribution in [1.82, 2.24) is 0 Å². The van der Waals surface area contributed by atoms with Crippen molar-refractivity contribution in [2.45, 2.75) is 66.2 Å². The van der Waals surface area contributed by atoms with Crippen LogP contribution in [0.4, 0.5) is 4.79 Å². The van der Waals surface area contributed by atoms with Gasteiger partial charge in [-0.15, -0.1) is 0 Å². The van der Waals surface area contributed by atoms with Crippen LogP contribution in [0.5, 0.6) is 0 Å². The quantitative estimate of drug-likeness (QED) is 0.500. The molecule has 116 valence electrons. The van der Waals surface area contributed by atoms with Crippen LogP contribution < -0.4 is 0 Å². The number of hydrogen-bond donors (Lipinski definition) is 0. The molecule has 0 aromatic carbocycles. The topological polar surface area (TPSA) is 69.7 Å². The van der Waals surface area contributed by atoms with E-state index < -0.39 is 18.1 Å². The van der Waals surface area contributed by atoms with Crippen molar-refractivity contribution in [1.29, 1.82) is 0 Å². The molecule has 0 bridgehead atoms. The van der Waals surface area contributed by atoms with Crippen LogP contribution in [-0.2, 0) is 19.1 Å². The summed E-state index contributed by atoms with van der Waals surface area (Å²) < 4.78 is 9.16. The first-order valence-electron chi connectivity index (χ1n) is 7.47. The Morgan fingerprint density at radius 3 is 1.35 bits per heavy atom. The lowest BCUT2D eigenvalue weighted by Gasteiger charge is -2.13. The van der Waals surface area contributed by atoms with Crippen molar-refractivity contribution in [3.63, 3.8) is 0 Å². The molecule has 0 N–H and O–H groups in total. The Balaban J connectivity index is 4.33. The highest BCUT2D eigenvalue weighted by Crippen LogP contribution is 2.15. The number of esters is 2. The van der Waals surface area contributed by atoms with Crippen LogP contribution in [0.1, 0.15) is 66.2 Å². The van der Waals surface area contributed by atoms with Crippen LogP contribution in [0.2, 0.25) is 0 Å². The molecule has 0 aliphatic rings. The zero-order chi connectivity index (χ0) is 15.5. The molecule has 20 heavy (non-hydrogen) atoms. The molecule has 0 saturated heterocycles. The minimum Gasteiger partial charge on any atom is -0.360 e. The number of rotatable bonds is 8. The summed E-state index contributed by atoms with van der Waals surface area (Å²) in [7, 11) is 0. The van der Waals surface area contributed by atoms with E-state index in [4.69, 9.17) is 0 Å². The molecule has 0 radical (unpaired) electrons. The number of carbonyl (C=O) groups excluding carboxylic acids is 3. The minimum atomic E-state index is -1.20. The molecule has 0 amide bonds. The smallest absolute Gasteiger partial charge is 0.360 e. The SMILES string of the molecule is CCCC(CC)C(=O)OC(=O)OC(=O)C(CC)CCC. The van der Waals surface area contributed by atoms with E-state index in [-0.39, 0.29) is 11.8 Å². The van der Waals surface area contributed by atoms with Gasteiger partial charge in [-0.1, -0.05) is 40.5 Å². The van der Waals surface area contributed by atoms with Gasteiger partial charge in [0.05, 0.1) is 11.8 Å². The van der Waals surface area contributed by atoms with Crippen LogP contribution in [0.15, 0.2) is 0 Å². The third-order valence-corrected chi connectivity index (χ3v) is 3.29. The molecule has 0 saturated carbocycles. The van der Waals surface area contributed by atoms with Gasteiger partial charge in [0.1, 0.15) is 0 Å². The summed E-state index contributed by atoms with van der Waals surface area (Å²) in [6.45, 7) is 7.61. The monoisotopic (exact) mass is 286 g/mol. The third kappa shape index (κ3) is 6.68. The van der Waals surface area contributed by atoms with E-state index in [2.05, 4.69) is 9.47 Å². The van der Waals surface area contributed by atoms with Crippen molar-refractivity contribution in [3.8, 4) is 0 Å². The highest BCUT2D eigenvalue weighted by atomic mass is 16.8. The molecule has 0 aliphatic carbocycles. The Morgan fingerprint density at radius 2 is 1.10 bits per heavy atom. The Morgan fingerprint density at radius 1 is 0.750 bits per heavy atom. The standard InChI is InChI=1S/C15H26O5/c1-5-9-11(7-3)13(16)19-15(18)20-14(17)12(8-4)10-6-2/h11-12H,5-10H2,1-4H3. The molecule has 0 rings (SSSR count). The van der Waals surface area contributed by atoms with Gasteiger partial charge in [-0.2, -0.15) is 0 Å². The van der Waals surface area contributed by atoms with Gasteiger partial charge in [-0.05, 0) is 25.7 Å². The summed E-state index contributed by atoms with van der Waals surface area (Å²) in [6, 6.07) is 0. The summed E-state index contributed by atoms with van der Waals surface area (Å²) in [6.07, 6.45) is 2.96. The van der Waals surface area contributed by atoms with E-state index in [0.717, 1.165) is 12.8 Å². The molecule has 0 aromatic heterocycles. The van der Waals surface area contributed by atoms with Gasteiger partial charge in [0.25, 0.3) is 0 Å². The maximum atomic E-state index is 11.7. The van der Waals surface area contributed by atoms with E-state index in [1.54, 1.807) is 0 Å². The molecule has 0 aromatic rings. The Kier molecular flexibility index (Phi) is 9.68. The molecular weight excluding hydrogens is 260 g/mol. The summed E-state index contributed by atoms with van der Waals surface area (Å²) in [5.41, 5.74) is 0. The molecule has 2 atom stereocenters. The van der Waals surface area contributed by atoms with Crippen molar-refractivity contribution >= 4 is 18.1 Å². The van der Waals surface area contributed by atoms with Gasteiger partial charge < -0.3 is 9.47 Å². The first kappa shape index (κ1) is 18.6. The summed E-state index contributed by atoms with van der Waals surface area (Å²) in [5.74, 6) is -1.87. The second-order valence-electron chi connectivity index (χ2n) is 4.88. The fourth-order valence-corrected chi connectivity index (χ4v) is 2.03. The molecule has 5 nitrogen and oxygen atoms in total. The number of carbonyl (C=O) groups is 3. The third-order valence-electron chi connectivity index (χ3n) is 3.29. The van der Waals surface area contributed by atoms with E-state index >= 15 is 0 Å². The molecule has 0 aliphatic heterocycles. The van der Waals surface area contributed by atoms with Crippen molar-refractivity contribution < 1.29 is 23.9 Å². The van der Waals surface area contributed by atoms with Crippen molar-refractivity contribution in [2.75, 3.05) is 0 Å². The van der Waals surface area contributed by atoms with Gasteiger partial charge in [-0.3, -0.25) is 9.59 Å². The van der Waals surface area contributed by atoms with E-state index in [0.29, 0.717) is 25.7 Å². The Labute approximate surface area is 121 Å². The van der Waals surface area contributed by atoms with Crippen LogP contribution in [0, 0.1) is 11.8 Å². The molecular formula is C15H26O5. The lowest BCUT2D eigenvalue weighted by molar-refractivity contribution is -0.151. The summed E-state index contributed by atoms with van der Waals surface area (Å²) >= 11 is 0. The van der Waals surface area contributed by atoms with Gasteiger partial charge in [0.2, 0.25) is 0 Å². The van der Waals surface area contributed by atoms with Crippen LogP contribution in [0.25, 0.3) is 0 Å². The van der Waals surface area contributed by atoms with Gasteiger partial charge in [0, 0.05) is 0 Å². The zero-order valence-corrected chi connectivity index (χ0v) is 12.9. The highest BCUT2D eigenvalue weighted by Gasteiger charge is 2.25. The fourth-order valence-electron chi connectivity index (χ4n) is 2.03. The molecule has 0 heterocycles. The Bertz CT molecular complexity index is 294. The summed E-state index contributed by atoms with van der Waals surface area (Å²) in [5, 5.41) is 0. The maximum absolute atomic E-state index is 11.7. The van der Waals surface area contributed by atoms with E-state index in [9.17, 15) is 14.4 Å². The van der Waals surface area contributed by atoms with Crippen LogP contribution in [0.3, 0.4) is 0 Å². The predicted molar refractivity (Wildman–Crippen MR) is 75.0 cm³/mol. The second-order valence-corrected chi connectivity index (χ2v) is 4.88. The zero-order valence-electron chi connectivity index (χ0n) is 12.9. The fraction of sp³-hybridized carbons (Fsp3) is 0.800. The first-order valence-corrected chi connectivity index (χ1v) is 7.47. The highest BCUT2D eigenvalue weighted by molar-refractivity contribution is 5.89. The first-order chi connectivity index (χ1) is 9.49.